The van der Waals surface area contributed by atoms with Gasteiger partial charge in [0.05, 0.1) is 11.4 Å². The van der Waals surface area contributed by atoms with Crippen molar-refractivity contribution in [3.63, 3.8) is 0 Å². The minimum absolute atomic E-state index is 0.141. The van der Waals surface area contributed by atoms with Crippen molar-refractivity contribution in [2.75, 3.05) is 13.1 Å². The number of rotatable bonds is 2. The molecule has 1 aliphatic heterocycles. The van der Waals surface area contributed by atoms with Gasteiger partial charge in [0.15, 0.2) is 0 Å². The van der Waals surface area contributed by atoms with Crippen molar-refractivity contribution in [1.82, 2.24) is 4.90 Å². The normalized spacial score (nSPS) is 23.4. The quantitative estimate of drug-likeness (QED) is 0.895. The van der Waals surface area contributed by atoms with Crippen LogP contribution in [0.1, 0.15) is 26.5 Å². The lowest BCUT2D eigenvalue weighted by Crippen LogP contribution is -2.38. The van der Waals surface area contributed by atoms with E-state index in [0.29, 0.717) is 4.88 Å². The second kappa shape index (κ2) is 4.35. The predicted octanol–water partition coefficient (Wildman–Crippen LogP) is 2.00. The summed E-state index contributed by atoms with van der Waals surface area (Å²) < 4.78 is 13.9. The van der Waals surface area contributed by atoms with Crippen LogP contribution in [0.2, 0.25) is 0 Å². The van der Waals surface area contributed by atoms with Gasteiger partial charge < -0.3 is 10.0 Å². The number of hydrogen-bond acceptors (Lipinski definition) is 3. The van der Waals surface area contributed by atoms with E-state index >= 15 is 0 Å². The highest BCUT2D eigenvalue weighted by Gasteiger charge is 2.47. The Bertz CT molecular complexity index is 494. The van der Waals surface area contributed by atoms with E-state index in [0.717, 1.165) is 10.4 Å². The molecule has 18 heavy (non-hydrogen) atoms. The van der Waals surface area contributed by atoms with E-state index in [2.05, 4.69) is 0 Å². The molecule has 0 aliphatic carbocycles. The molecule has 2 heterocycles. The summed E-state index contributed by atoms with van der Waals surface area (Å²) in [4.78, 5) is 25.7. The smallest absolute Gasteiger partial charge is 0.343 e. The van der Waals surface area contributed by atoms with Gasteiger partial charge in [0, 0.05) is 17.8 Å². The highest BCUT2D eigenvalue weighted by molar-refractivity contribution is 7.14. The van der Waals surface area contributed by atoms with Gasteiger partial charge in [-0.2, -0.15) is 0 Å². The molecule has 0 spiro atoms. The Kier molecular flexibility index (Phi) is 3.14. The second-order valence-electron chi connectivity index (χ2n) is 4.60. The van der Waals surface area contributed by atoms with E-state index < -0.39 is 11.6 Å². The summed E-state index contributed by atoms with van der Waals surface area (Å²) in [5, 5.41) is 8.78. The second-order valence-corrected chi connectivity index (χ2v) is 5.85. The standard InChI is InChI=1S/C12H14FNO3S/c1-7-5-9(18-8(7)2)10(15)14-4-3-12(13,6-14)11(16)17/h5H,3-4,6H2,1-2H3,(H,16,17). The highest BCUT2D eigenvalue weighted by Crippen LogP contribution is 2.29. The van der Waals surface area contributed by atoms with Gasteiger partial charge in [-0.3, -0.25) is 4.79 Å². The fraction of sp³-hybridized carbons (Fsp3) is 0.500. The van der Waals surface area contributed by atoms with E-state index in [1.165, 1.54) is 16.2 Å². The number of hydrogen-bond donors (Lipinski definition) is 1. The Morgan fingerprint density at radius 3 is 2.61 bits per heavy atom. The van der Waals surface area contributed by atoms with Crippen LogP contribution in [0.3, 0.4) is 0 Å². The molecule has 1 unspecified atom stereocenters. The first-order valence-corrected chi connectivity index (χ1v) is 6.44. The number of nitrogens with zero attached hydrogens (tertiary/aromatic N) is 1. The van der Waals surface area contributed by atoms with Crippen molar-refractivity contribution in [2.24, 2.45) is 0 Å². The van der Waals surface area contributed by atoms with Gasteiger partial charge in [0.25, 0.3) is 5.91 Å². The fourth-order valence-corrected chi connectivity index (χ4v) is 2.96. The number of alkyl halides is 1. The molecule has 1 aromatic rings. The maximum atomic E-state index is 13.9. The molecule has 1 amide bonds. The van der Waals surface area contributed by atoms with Gasteiger partial charge >= 0.3 is 5.97 Å². The Balaban J connectivity index is 2.15. The molecular formula is C12H14FNO3S. The van der Waals surface area contributed by atoms with Gasteiger partial charge in [-0.25, -0.2) is 9.18 Å². The van der Waals surface area contributed by atoms with Crippen LogP contribution in [0.15, 0.2) is 6.07 Å². The average Bonchev–Trinajstić information content (AvgIpc) is 2.84. The first-order chi connectivity index (χ1) is 8.33. The molecular weight excluding hydrogens is 257 g/mol. The molecule has 0 bridgehead atoms. The molecule has 1 aromatic heterocycles. The summed E-state index contributed by atoms with van der Waals surface area (Å²) in [6.07, 6.45) is -0.141. The number of likely N-dealkylation sites (tertiary alicyclic amines) is 1. The third kappa shape index (κ3) is 2.12. The molecule has 1 atom stereocenters. The van der Waals surface area contributed by atoms with Crippen molar-refractivity contribution in [1.29, 1.82) is 0 Å². The Morgan fingerprint density at radius 2 is 2.17 bits per heavy atom. The number of halogens is 1. The van der Waals surface area contributed by atoms with Crippen molar-refractivity contribution in [3.05, 3.63) is 21.4 Å². The van der Waals surface area contributed by atoms with Crippen LogP contribution in [-0.4, -0.2) is 40.6 Å². The highest BCUT2D eigenvalue weighted by atomic mass is 32.1. The third-order valence-corrected chi connectivity index (χ3v) is 4.41. The first-order valence-electron chi connectivity index (χ1n) is 5.62. The number of aliphatic carboxylic acids is 1. The molecule has 0 aromatic carbocycles. The molecule has 6 heteroatoms. The van der Waals surface area contributed by atoms with E-state index in [9.17, 15) is 14.0 Å². The molecule has 0 saturated carbocycles. The predicted molar refractivity (Wildman–Crippen MR) is 65.8 cm³/mol. The molecule has 0 radical (unpaired) electrons. The van der Waals surface area contributed by atoms with Crippen LogP contribution in [0.25, 0.3) is 0 Å². The Labute approximate surface area is 108 Å². The van der Waals surface area contributed by atoms with Crippen molar-refractivity contribution < 1.29 is 19.1 Å². The number of thiophene rings is 1. The maximum absolute atomic E-state index is 13.9. The lowest BCUT2D eigenvalue weighted by atomic mass is 10.1. The lowest BCUT2D eigenvalue weighted by Gasteiger charge is -2.16. The summed E-state index contributed by atoms with van der Waals surface area (Å²) in [5.41, 5.74) is -1.27. The van der Waals surface area contributed by atoms with E-state index in [1.807, 2.05) is 13.8 Å². The SMILES string of the molecule is Cc1cc(C(=O)N2CCC(F)(C(=O)O)C2)sc1C. The minimum atomic E-state index is -2.29. The molecule has 2 rings (SSSR count). The fourth-order valence-electron chi connectivity index (χ4n) is 1.96. The van der Waals surface area contributed by atoms with E-state index in [4.69, 9.17) is 5.11 Å². The van der Waals surface area contributed by atoms with Crippen molar-refractivity contribution >= 4 is 23.2 Å². The van der Waals surface area contributed by atoms with Crippen LogP contribution < -0.4 is 0 Å². The molecule has 1 saturated heterocycles. The summed E-state index contributed by atoms with van der Waals surface area (Å²) >= 11 is 1.36. The molecule has 1 fully saturated rings. The number of aryl methyl sites for hydroxylation is 2. The zero-order chi connectivity index (χ0) is 13.5. The van der Waals surface area contributed by atoms with E-state index in [-0.39, 0.29) is 25.4 Å². The first kappa shape index (κ1) is 13.0. The summed E-state index contributed by atoms with van der Waals surface area (Å²) in [6.45, 7) is 3.61. The van der Waals surface area contributed by atoms with Gasteiger partial charge in [0.2, 0.25) is 5.67 Å². The maximum Gasteiger partial charge on any atom is 0.343 e. The molecule has 1 aliphatic rings. The van der Waals surface area contributed by atoms with Gasteiger partial charge in [-0.05, 0) is 25.5 Å². The van der Waals surface area contributed by atoms with Gasteiger partial charge in [-0.1, -0.05) is 0 Å². The summed E-state index contributed by atoms with van der Waals surface area (Å²) in [6, 6.07) is 1.77. The number of amides is 1. The lowest BCUT2D eigenvalue weighted by molar-refractivity contribution is -0.149. The topological polar surface area (TPSA) is 57.6 Å². The number of carbonyl (C=O) groups excluding carboxylic acids is 1. The zero-order valence-corrected chi connectivity index (χ0v) is 11.0. The number of carboxylic acids is 1. The van der Waals surface area contributed by atoms with Crippen LogP contribution in [0.5, 0.6) is 0 Å². The van der Waals surface area contributed by atoms with Crippen molar-refractivity contribution in [3.8, 4) is 0 Å². The third-order valence-electron chi connectivity index (χ3n) is 3.27. The minimum Gasteiger partial charge on any atom is -0.479 e. The average molecular weight is 271 g/mol. The monoisotopic (exact) mass is 271 g/mol. The van der Waals surface area contributed by atoms with Crippen LogP contribution in [0, 0.1) is 13.8 Å². The molecule has 98 valence electrons. The molecule has 4 nitrogen and oxygen atoms in total. The van der Waals surface area contributed by atoms with Gasteiger partial charge in [0.1, 0.15) is 0 Å². The van der Waals surface area contributed by atoms with Gasteiger partial charge in [-0.15, -0.1) is 11.3 Å². The van der Waals surface area contributed by atoms with Crippen LogP contribution in [-0.2, 0) is 4.79 Å². The summed E-state index contributed by atoms with van der Waals surface area (Å²) in [7, 11) is 0. The summed E-state index contributed by atoms with van der Waals surface area (Å²) in [5.74, 6) is -1.77. The number of carboxylic acid groups (broad SMARTS) is 1. The Hall–Kier alpha value is -1.43. The Morgan fingerprint density at radius 1 is 1.50 bits per heavy atom. The van der Waals surface area contributed by atoms with Crippen LogP contribution in [0.4, 0.5) is 4.39 Å². The van der Waals surface area contributed by atoms with Crippen molar-refractivity contribution in [2.45, 2.75) is 25.9 Å². The number of carbonyl (C=O) groups is 2. The molecule has 1 N–H and O–H groups in total. The largest absolute Gasteiger partial charge is 0.479 e. The van der Waals surface area contributed by atoms with Crippen LogP contribution >= 0.6 is 11.3 Å². The van der Waals surface area contributed by atoms with E-state index in [1.54, 1.807) is 6.07 Å². The zero-order valence-electron chi connectivity index (χ0n) is 10.2.